The summed E-state index contributed by atoms with van der Waals surface area (Å²) in [5.41, 5.74) is 0.307. The van der Waals surface area contributed by atoms with Crippen molar-refractivity contribution in [3.63, 3.8) is 0 Å². The normalized spacial score (nSPS) is 21.6. The van der Waals surface area contributed by atoms with Gasteiger partial charge in [-0.3, -0.25) is 9.59 Å². The molecule has 3 unspecified atom stereocenters. The molecule has 0 radical (unpaired) electrons. The van der Waals surface area contributed by atoms with Crippen molar-refractivity contribution in [2.45, 2.75) is 52.4 Å². The number of carbonyl (C=O) groups is 2. The standard InChI is InChI=1S/C19H26Cl2N2O3/c1-11(2)7-17(19(25)23-9-12(3)26-13(4)10-23)22-18(24)15-6-5-14(20)8-16(15)21/h5-6,8,11-13,17H,7,9-10H2,1-4H3,(H,22,24). The van der Waals surface area contributed by atoms with Crippen LogP contribution in [0.1, 0.15) is 44.5 Å². The van der Waals surface area contributed by atoms with Crippen LogP contribution in [0, 0.1) is 5.92 Å². The molecule has 1 N–H and O–H groups in total. The third-order valence-electron chi connectivity index (χ3n) is 4.22. The van der Waals surface area contributed by atoms with Crippen LogP contribution in [-0.2, 0) is 9.53 Å². The number of carbonyl (C=O) groups excluding carboxylic acids is 2. The van der Waals surface area contributed by atoms with Crippen LogP contribution in [0.3, 0.4) is 0 Å². The van der Waals surface area contributed by atoms with Crippen molar-refractivity contribution < 1.29 is 14.3 Å². The number of nitrogens with zero attached hydrogens (tertiary/aromatic N) is 1. The molecule has 2 amide bonds. The fraction of sp³-hybridized carbons (Fsp3) is 0.579. The lowest BCUT2D eigenvalue weighted by Crippen LogP contribution is -2.55. The van der Waals surface area contributed by atoms with Crippen molar-refractivity contribution in [2.75, 3.05) is 13.1 Å². The molecule has 7 heteroatoms. The summed E-state index contributed by atoms with van der Waals surface area (Å²) in [4.78, 5) is 27.5. The first kappa shape index (κ1) is 21.0. The second-order valence-corrected chi connectivity index (χ2v) is 8.12. The number of hydrogen-bond acceptors (Lipinski definition) is 3. The van der Waals surface area contributed by atoms with Crippen LogP contribution in [0.2, 0.25) is 10.0 Å². The van der Waals surface area contributed by atoms with Gasteiger partial charge in [0.05, 0.1) is 22.8 Å². The van der Waals surface area contributed by atoms with E-state index in [0.717, 1.165) is 0 Å². The zero-order valence-corrected chi connectivity index (χ0v) is 17.1. The molecule has 3 atom stereocenters. The fourth-order valence-electron chi connectivity index (χ4n) is 3.18. The van der Waals surface area contributed by atoms with Crippen molar-refractivity contribution in [1.29, 1.82) is 0 Å². The number of nitrogens with one attached hydrogen (secondary N) is 1. The Morgan fingerprint density at radius 3 is 2.38 bits per heavy atom. The van der Waals surface area contributed by atoms with E-state index < -0.39 is 6.04 Å². The highest BCUT2D eigenvalue weighted by Crippen LogP contribution is 2.22. The Morgan fingerprint density at radius 2 is 1.85 bits per heavy atom. The van der Waals surface area contributed by atoms with Crippen molar-refractivity contribution in [3.8, 4) is 0 Å². The summed E-state index contributed by atoms with van der Waals surface area (Å²) < 4.78 is 5.69. The van der Waals surface area contributed by atoms with Crippen LogP contribution in [0.15, 0.2) is 18.2 Å². The Morgan fingerprint density at radius 1 is 1.23 bits per heavy atom. The average molecular weight is 401 g/mol. The molecule has 0 aliphatic carbocycles. The Hall–Kier alpha value is -1.30. The Balaban J connectivity index is 2.15. The van der Waals surface area contributed by atoms with Gasteiger partial charge in [0.1, 0.15) is 6.04 Å². The number of benzene rings is 1. The number of halogens is 2. The van der Waals surface area contributed by atoms with Gasteiger partial charge in [-0.05, 0) is 44.4 Å². The molecule has 1 aliphatic heterocycles. The van der Waals surface area contributed by atoms with Gasteiger partial charge >= 0.3 is 0 Å². The molecule has 1 fully saturated rings. The van der Waals surface area contributed by atoms with Crippen molar-refractivity contribution in [2.24, 2.45) is 5.92 Å². The Labute approximate surface area is 165 Å². The summed E-state index contributed by atoms with van der Waals surface area (Å²) in [6.45, 7) is 8.97. The Kier molecular flexibility index (Phi) is 7.33. The highest BCUT2D eigenvalue weighted by molar-refractivity contribution is 6.36. The van der Waals surface area contributed by atoms with Gasteiger partial charge < -0.3 is 15.0 Å². The molecule has 0 saturated carbocycles. The maximum atomic E-state index is 13.0. The van der Waals surface area contributed by atoms with Gasteiger partial charge in [0, 0.05) is 18.1 Å². The average Bonchev–Trinajstić information content (AvgIpc) is 2.52. The molecule has 1 saturated heterocycles. The largest absolute Gasteiger partial charge is 0.372 e. The van der Waals surface area contributed by atoms with Crippen molar-refractivity contribution in [1.82, 2.24) is 10.2 Å². The molecule has 5 nitrogen and oxygen atoms in total. The molecule has 1 aromatic rings. The molecule has 0 spiro atoms. The van der Waals surface area contributed by atoms with Crippen LogP contribution in [0.25, 0.3) is 0 Å². The maximum Gasteiger partial charge on any atom is 0.253 e. The van der Waals surface area contributed by atoms with Crippen molar-refractivity contribution >= 4 is 35.0 Å². The summed E-state index contributed by atoms with van der Waals surface area (Å²) in [5.74, 6) is -0.208. The minimum Gasteiger partial charge on any atom is -0.372 e. The fourth-order valence-corrected chi connectivity index (χ4v) is 3.68. The van der Waals surface area contributed by atoms with Gasteiger partial charge in [-0.1, -0.05) is 37.0 Å². The summed E-state index contributed by atoms with van der Waals surface area (Å²) in [6, 6.07) is 4.08. The third-order valence-corrected chi connectivity index (χ3v) is 4.77. The molecule has 26 heavy (non-hydrogen) atoms. The Bertz CT molecular complexity index is 656. The lowest BCUT2D eigenvalue weighted by atomic mass is 10.0. The summed E-state index contributed by atoms with van der Waals surface area (Å²) >= 11 is 12.0. The number of rotatable bonds is 5. The number of morpholine rings is 1. The van der Waals surface area contributed by atoms with E-state index in [1.54, 1.807) is 17.0 Å². The van der Waals surface area contributed by atoms with Gasteiger partial charge in [-0.25, -0.2) is 0 Å². The molecule has 1 aliphatic rings. The quantitative estimate of drug-likeness (QED) is 0.817. The first-order chi connectivity index (χ1) is 12.2. The molecule has 0 aromatic heterocycles. The van der Waals surface area contributed by atoms with E-state index in [4.69, 9.17) is 27.9 Å². The molecule has 1 aromatic carbocycles. The van der Waals surface area contributed by atoms with Crippen LogP contribution < -0.4 is 5.32 Å². The lowest BCUT2D eigenvalue weighted by molar-refractivity contribution is -0.145. The van der Waals surface area contributed by atoms with Crippen LogP contribution >= 0.6 is 23.2 Å². The predicted molar refractivity (Wildman–Crippen MR) is 104 cm³/mol. The van der Waals surface area contributed by atoms with E-state index in [1.807, 2.05) is 27.7 Å². The smallest absolute Gasteiger partial charge is 0.253 e. The van der Waals surface area contributed by atoms with E-state index in [9.17, 15) is 9.59 Å². The monoisotopic (exact) mass is 400 g/mol. The van der Waals surface area contributed by atoms with Gasteiger partial charge in [0.15, 0.2) is 0 Å². The lowest BCUT2D eigenvalue weighted by Gasteiger charge is -2.37. The molecule has 144 valence electrons. The van der Waals surface area contributed by atoms with Gasteiger partial charge in [-0.15, -0.1) is 0 Å². The second-order valence-electron chi connectivity index (χ2n) is 7.28. The highest BCUT2D eigenvalue weighted by Gasteiger charge is 2.32. The van der Waals surface area contributed by atoms with E-state index >= 15 is 0 Å². The number of amides is 2. The minimum atomic E-state index is -0.605. The molecular weight excluding hydrogens is 375 g/mol. The van der Waals surface area contributed by atoms with Crippen molar-refractivity contribution in [3.05, 3.63) is 33.8 Å². The first-order valence-electron chi connectivity index (χ1n) is 8.87. The summed E-state index contributed by atoms with van der Waals surface area (Å²) in [7, 11) is 0. The number of hydrogen-bond donors (Lipinski definition) is 1. The topological polar surface area (TPSA) is 58.6 Å². The number of ether oxygens (including phenoxy) is 1. The maximum absolute atomic E-state index is 13.0. The second kappa shape index (κ2) is 9.07. The summed E-state index contributed by atoms with van der Waals surface area (Å²) in [5, 5.41) is 3.57. The molecule has 0 bridgehead atoms. The first-order valence-corrected chi connectivity index (χ1v) is 9.63. The van der Waals surface area contributed by atoms with E-state index in [1.165, 1.54) is 6.07 Å². The highest BCUT2D eigenvalue weighted by atomic mass is 35.5. The predicted octanol–water partition coefficient (Wildman–Crippen LogP) is 3.77. The minimum absolute atomic E-state index is 0.0242. The zero-order valence-electron chi connectivity index (χ0n) is 15.6. The van der Waals surface area contributed by atoms with Gasteiger partial charge in [0.25, 0.3) is 5.91 Å². The van der Waals surface area contributed by atoms with E-state index in [2.05, 4.69) is 5.32 Å². The van der Waals surface area contributed by atoms with Crippen LogP contribution in [-0.4, -0.2) is 48.1 Å². The van der Waals surface area contributed by atoms with E-state index in [-0.39, 0.29) is 35.0 Å². The SMILES string of the molecule is CC(C)CC(NC(=O)c1ccc(Cl)cc1Cl)C(=O)N1CC(C)OC(C)C1. The van der Waals surface area contributed by atoms with Crippen LogP contribution in [0.5, 0.6) is 0 Å². The zero-order chi connectivity index (χ0) is 19.4. The molecule has 2 rings (SSSR count). The third kappa shape index (κ3) is 5.60. The van der Waals surface area contributed by atoms with Gasteiger partial charge in [-0.2, -0.15) is 0 Å². The molecule has 1 heterocycles. The van der Waals surface area contributed by atoms with E-state index in [0.29, 0.717) is 30.1 Å². The summed E-state index contributed by atoms with van der Waals surface area (Å²) in [6.07, 6.45) is 0.503. The van der Waals surface area contributed by atoms with Gasteiger partial charge in [0.2, 0.25) is 5.91 Å². The molecular formula is C19H26Cl2N2O3. The van der Waals surface area contributed by atoms with Crippen LogP contribution in [0.4, 0.5) is 0 Å².